The predicted molar refractivity (Wildman–Crippen MR) is 132 cm³/mol. The molecule has 2 unspecified atom stereocenters. The number of esters is 3. The number of ether oxygens (including phenoxy) is 4. The van der Waals surface area contributed by atoms with Crippen molar-refractivity contribution in [2.24, 2.45) is 28.1 Å². The van der Waals surface area contributed by atoms with Crippen molar-refractivity contribution in [2.45, 2.75) is 84.2 Å². The van der Waals surface area contributed by atoms with Gasteiger partial charge in [0.2, 0.25) is 6.10 Å². The van der Waals surface area contributed by atoms with Crippen molar-refractivity contribution >= 4 is 23.7 Å². The third-order valence-electron chi connectivity index (χ3n) is 10.2. The van der Waals surface area contributed by atoms with Gasteiger partial charge in [0.15, 0.2) is 0 Å². The fourth-order valence-corrected chi connectivity index (χ4v) is 8.34. The molecular formula is C29H36O9. The maximum atomic E-state index is 13.7. The summed E-state index contributed by atoms with van der Waals surface area (Å²) in [6, 6.07) is 1.78. The van der Waals surface area contributed by atoms with Gasteiger partial charge in [-0.2, -0.15) is 0 Å². The van der Waals surface area contributed by atoms with Crippen LogP contribution in [0.4, 0.5) is 0 Å². The van der Waals surface area contributed by atoms with Crippen LogP contribution in [-0.4, -0.2) is 48.6 Å². The summed E-state index contributed by atoms with van der Waals surface area (Å²) in [5.41, 5.74) is -2.10. The third kappa shape index (κ3) is 3.33. The molecule has 1 aromatic rings. The maximum absolute atomic E-state index is 13.7. The lowest BCUT2D eigenvalue weighted by Gasteiger charge is -2.70. The first-order chi connectivity index (χ1) is 17.7. The number of hydrogen-bond acceptors (Lipinski definition) is 9. The zero-order valence-electron chi connectivity index (χ0n) is 22.8. The Kier molecular flexibility index (Phi) is 5.98. The Bertz CT molecular complexity index is 1200. The van der Waals surface area contributed by atoms with E-state index in [0.29, 0.717) is 12.8 Å². The van der Waals surface area contributed by atoms with E-state index in [-0.39, 0.29) is 24.5 Å². The summed E-state index contributed by atoms with van der Waals surface area (Å²) in [5, 5.41) is 0. The Morgan fingerprint density at radius 2 is 1.89 bits per heavy atom. The Hall–Kier alpha value is -2.94. The molecule has 0 aromatic carbocycles. The number of furan rings is 1. The highest BCUT2D eigenvalue weighted by Gasteiger charge is 2.74. The number of carbonyl (C=O) groups is 4. The standard InChI is InChI=1S/C29H36O9/c1-15-18-8-10-27(5)24(17-9-11-35-14-17)37-21(32)13-29(15,27)38-20-12-19(31)26(3,4)23(28(18,20)6)22(25(33)34-7)36-16(2)30/h9,11,14,18,20,22-24H,1,8,10,12-13H2,2-7H3/t18?,20-,22?,23-,24-,27-,28-,29-/m0/s1. The SMILES string of the molecule is C=C1C2CC[C@@]3(C)[C@H](c4ccoc4)OC(=O)C[C@]13O[C@H]1CC(=O)C(C)(C)[C@H](C(OC(C)=O)C(=O)OC)[C@@]21C. The van der Waals surface area contributed by atoms with Gasteiger partial charge in [0.05, 0.1) is 32.2 Å². The molecule has 2 saturated carbocycles. The summed E-state index contributed by atoms with van der Waals surface area (Å²) in [4.78, 5) is 52.0. The van der Waals surface area contributed by atoms with E-state index in [9.17, 15) is 19.2 Å². The van der Waals surface area contributed by atoms with Crippen LogP contribution >= 0.6 is 0 Å². The van der Waals surface area contributed by atoms with E-state index in [1.807, 2.05) is 13.8 Å². The number of fused-ring (bicyclic) bond motifs is 3. The Labute approximate surface area is 222 Å². The Morgan fingerprint density at radius 3 is 2.50 bits per heavy atom. The highest BCUT2D eigenvalue weighted by Crippen LogP contribution is 2.71. The second-order valence-corrected chi connectivity index (χ2v) is 12.3. The molecule has 206 valence electrons. The lowest BCUT2D eigenvalue weighted by Crippen LogP contribution is -2.74. The molecule has 2 bridgehead atoms. The molecule has 5 rings (SSSR count). The third-order valence-corrected chi connectivity index (χ3v) is 10.2. The topological polar surface area (TPSA) is 118 Å². The van der Waals surface area contributed by atoms with E-state index in [1.165, 1.54) is 14.0 Å². The zero-order valence-corrected chi connectivity index (χ0v) is 22.8. The summed E-state index contributed by atoms with van der Waals surface area (Å²) in [6.07, 6.45) is 1.93. The number of carbonyl (C=O) groups excluding carboxylic acids is 4. The number of rotatable bonds is 4. The van der Waals surface area contributed by atoms with Gasteiger partial charge in [0.1, 0.15) is 17.5 Å². The van der Waals surface area contributed by atoms with Gasteiger partial charge in [0.25, 0.3) is 0 Å². The molecular weight excluding hydrogens is 492 g/mol. The van der Waals surface area contributed by atoms with Crippen molar-refractivity contribution in [3.63, 3.8) is 0 Å². The van der Waals surface area contributed by atoms with E-state index in [0.717, 1.165) is 11.1 Å². The molecule has 0 amide bonds. The minimum atomic E-state index is -1.31. The van der Waals surface area contributed by atoms with Crippen LogP contribution in [0.25, 0.3) is 0 Å². The van der Waals surface area contributed by atoms with Crippen molar-refractivity contribution in [3.8, 4) is 0 Å². The van der Waals surface area contributed by atoms with E-state index in [2.05, 4.69) is 6.58 Å². The largest absolute Gasteiger partial charge is 0.472 e. The molecule has 0 radical (unpaired) electrons. The van der Waals surface area contributed by atoms with Gasteiger partial charge in [-0.15, -0.1) is 0 Å². The minimum absolute atomic E-state index is 0.0214. The van der Waals surface area contributed by atoms with Gasteiger partial charge in [0, 0.05) is 41.1 Å². The van der Waals surface area contributed by atoms with Gasteiger partial charge in [-0.05, 0) is 30.4 Å². The summed E-state index contributed by atoms with van der Waals surface area (Å²) >= 11 is 0. The predicted octanol–water partition coefficient (Wildman–Crippen LogP) is 4.10. The molecule has 9 nitrogen and oxygen atoms in total. The van der Waals surface area contributed by atoms with Crippen LogP contribution in [0.1, 0.15) is 72.0 Å². The summed E-state index contributed by atoms with van der Waals surface area (Å²) in [7, 11) is 1.23. The second-order valence-electron chi connectivity index (χ2n) is 12.3. The molecule has 2 aliphatic carbocycles. The van der Waals surface area contributed by atoms with Crippen molar-refractivity contribution in [1.29, 1.82) is 0 Å². The lowest BCUT2D eigenvalue weighted by molar-refractivity contribution is -0.303. The highest BCUT2D eigenvalue weighted by molar-refractivity contribution is 5.89. The van der Waals surface area contributed by atoms with Crippen molar-refractivity contribution < 1.29 is 42.5 Å². The van der Waals surface area contributed by atoms with Gasteiger partial charge in [-0.3, -0.25) is 14.4 Å². The van der Waals surface area contributed by atoms with Crippen LogP contribution in [0.15, 0.2) is 35.2 Å². The van der Waals surface area contributed by atoms with Crippen LogP contribution in [0.2, 0.25) is 0 Å². The van der Waals surface area contributed by atoms with Gasteiger partial charge in [-0.25, -0.2) is 4.79 Å². The average Bonchev–Trinajstić information content (AvgIpc) is 3.36. The van der Waals surface area contributed by atoms with Crippen LogP contribution < -0.4 is 0 Å². The molecule has 1 aromatic heterocycles. The van der Waals surface area contributed by atoms with Crippen molar-refractivity contribution in [1.82, 2.24) is 0 Å². The minimum Gasteiger partial charge on any atom is -0.472 e. The fourth-order valence-electron chi connectivity index (χ4n) is 8.34. The smallest absolute Gasteiger partial charge is 0.347 e. The first-order valence-corrected chi connectivity index (χ1v) is 13.1. The van der Waals surface area contributed by atoms with Crippen molar-refractivity contribution in [2.75, 3.05) is 7.11 Å². The quantitative estimate of drug-likeness (QED) is 0.323. The van der Waals surface area contributed by atoms with Crippen LogP contribution in [0.5, 0.6) is 0 Å². The molecule has 4 fully saturated rings. The van der Waals surface area contributed by atoms with Gasteiger partial charge in [-0.1, -0.05) is 34.3 Å². The summed E-state index contributed by atoms with van der Waals surface area (Å²) in [6.45, 7) is 13.4. The van der Waals surface area contributed by atoms with Gasteiger partial charge >= 0.3 is 17.9 Å². The lowest BCUT2D eigenvalue weighted by atomic mass is 9.41. The van der Waals surface area contributed by atoms with E-state index in [4.69, 9.17) is 23.4 Å². The highest BCUT2D eigenvalue weighted by atomic mass is 16.6. The normalized spacial score (nSPS) is 40.3. The molecule has 0 N–H and O–H groups in total. The first-order valence-electron chi connectivity index (χ1n) is 13.1. The maximum Gasteiger partial charge on any atom is 0.347 e. The second kappa shape index (κ2) is 8.53. The number of Topliss-reactive ketones (excluding diaryl/α,β-unsaturated/α-hetero) is 1. The monoisotopic (exact) mass is 528 g/mol. The van der Waals surface area contributed by atoms with Crippen molar-refractivity contribution in [3.05, 3.63) is 36.3 Å². The molecule has 9 heteroatoms. The van der Waals surface area contributed by atoms with Crippen LogP contribution in [0, 0.1) is 28.1 Å². The molecule has 3 heterocycles. The number of cyclic esters (lactones) is 1. The average molecular weight is 529 g/mol. The van der Waals surface area contributed by atoms with E-state index < -0.39 is 64.0 Å². The Morgan fingerprint density at radius 1 is 1.18 bits per heavy atom. The molecule has 1 spiro atoms. The molecule has 38 heavy (non-hydrogen) atoms. The fraction of sp³-hybridized carbons (Fsp3) is 0.655. The van der Waals surface area contributed by atoms with E-state index in [1.54, 1.807) is 32.4 Å². The van der Waals surface area contributed by atoms with Gasteiger partial charge < -0.3 is 23.4 Å². The summed E-state index contributed by atoms with van der Waals surface area (Å²) < 4.78 is 28.8. The molecule has 4 aliphatic rings. The molecule has 2 saturated heterocycles. The summed E-state index contributed by atoms with van der Waals surface area (Å²) in [5.74, 6) is -2.85. The first kappa shape index (κ1) is 26.7. The number of methoxy groups -OCH3 is 1. The zero-order chi connectivity index (χ0) is 27.8. The number of hydrogen-bond donors (Lipinski definition) is 0. The number of ketones is 1. The van der Waals surface area contributed by atoms with Crippen LogP contribution in [0.3, 0.4) is 0 Å². The molecule has 2 aliphatic heterocycles. The molecule has 8 atom stereocenters. The van der Waals surface area contributed by atoms with Crippen LogP contribution in [-0.2, 0) is 38.1 Å². The Balaban J connectivity index is 1.66. The van der Waals surface area contributed by atoms with E-state index >= 15 is 0 Å².